The molecule has 0 aromatic heterocycles. The number of carboxylic acids is 1. The third kappa shape index (κ3) is 4.22. The minimum atomic E-state index is -1.12. The molecule has 1 aromatic carbocycles. The largest absolute Gasteiger partial charge is 0.481 e. The predicted octanol–water partition coefficient (Wildman–Crippen LogP) is 1.23. The second kappa shape index (κ2) is 7.29. The van der Waals surface area contributed by atoms with Crippen LogP contribution < -0.4 is 0 Å². The number of rotatable bonds is 5. The number of benzene rings is 1. The van der Waals surface area contributed by atoms with Gasteiger partial charge in [-0.05, 0) is 30.5 Å². The lowest BCUT2D eigenvalue weighted by molar-refractivity contribution is -0.148. The number of aliphatic hydroxyl groups is 2. The minimum Gasteiger partial charge on any atom is -0.481 e. The van der Waals surface area contributed by atoms with Gasteiger partial charge in [0.25, 0.3) is 0 Å². The summed E-state index contributed by atoms with van der Waals surface area (Å²) in [4.78, 5) is 24.5. The number of hydrogen-bond donors (Lipinski definition) is 3. The Hall–Kier alpha value is -1.63. The molecule has 0 aliphatic carbocycles. The molecule has 1 aromatic rings. The minimum absolute atomic E-state index is 0.314. The van der Waals surface area contributed by atoms with Crippen molar-refractivity contribution in [2.24, 2.45) is 5.92 Å². The zero-order chi connectivity index (χ0) is 17.0. The van der Waals surface area contributed by atoms with Crippen LogP contribution in [0.1, 0.15) is 24.8 Å². The van der Waals surface area contributed by atoms with Crippen LogP contribution >= 0.6 is 11.6 Å². The Kier molecular flexibility index (Phi) is 5.62. The molecule has 126 valence electrons. The van der Waals surface area contributed by atoms with Crippen molar-refractivity contribution >= 4 is 23.5 Å². The van der Waals surface area contributed by atoms with Gasteiger partial charge in [-0.25, -0.2) is 0 Å². The third-order valence-corrected chi connectivity index (χ3v) is 4.53. The van der Waals surface area contributed by atoms with Crippen molar-refractivity contribution in [2.45, 2.75) is 24.9 Å². The van der Waals surface area contributed by atoms with E-state index in [1.807, 2.05) is 0 Å². The van der Waals surface area contributed by atoms with Crippen LogP contribution in [0, 0.1) is 5.92 Å². The number of amides is 1. The molecule has 0 saturated carbocycles. The smallest absolute Gasteiger partial charge is 0.304 e. The van der Waals surface area contributed by atoms with Gasteiger partial charge in [-0.15, -0.1) is 0 Å². The summed E-state index contributed by atoms with van der Waals surface area (Å²) in [6, 6.07) is 6.95. The molecular weight excluding hydrogens is 322 g/mol. The first-order valence-electron chi connectivity index (χ1n) is 7.45. The van der Waals surface area contributed by atoms with E-state index in [0.29, 0.717) is 31.0 Å². The zero-order valence-electron chi connectivity index (χ0n) is 12.6. The van der Waals surface area contributed by atoms with Crippen LogP contribution in [0.3, 0.4) is 0 Å². The van der Waals surface area contributed by atoms with Crippen molar-refractivity contribution < 1.29 is 24.9 Å². The van der Waals surface area contributed by atoms with E-state index >= 15 is 0 Å². The number of halogens is 1. The molecule has 1 atom stereocenters. The van der Waals surface area contributed by atoms with E-state index in [2.05, 4.69) is 0 Å². The lowest BCUT2D eigenvalue weighted by atomic mass is 9.84. The normalized spacial score (nSPS) is 18.5. The summed E-state index contributed by atoms with van der Waals surface area (Å²) in [5.41, 5.74) is -0.277. The SMILES string of the molecule is O=C(O)CC(CO)C(=O)N1CCC(O)(c2ccc(Cl)cc2)CC1. The van der Waals surface area contributed by atoms with Crippen LogP contribution in [0.4, 0.5) is 0 Å². The molecule has 2 rings (SSSR count). The maximum atomic E-state index is 12.3. The van der Waals surface area contributed by atoms with Crippen LogP contribution in [0.5, 0.6) is 0 Å². The van der Waals surface area contributed by atoms with E-state index in [9.17, 15) is 19.8 Å². The Morgan fingerprint density at radius 1 is 1.22 bits per heavy atom. The molecule has 1 fully saturated rings. The maximum Gasteiger partial charge on any atom is 0.304 e. The highest BCUT2D eigenvalue weighted by Crippen LogP contribution is 2.33. The average Bonchev–Trinajstić information content (AvgIpc) is 2.53. The van der Waals surface area contributed by atoms with E-state index in [4.69, 9.17) is 16.7 Å². The van der Waals surface area contributed by atoms with E-state index in [0.717, 1.165) is 5.56 Å². The van der Waals surface area contributed by atoms with E-state index < -0.39 is 30.5 Å². The van der Waals surface area contributed by atoms with E-state index in [1.165, 1.54) is 4.90 Å². The quantitative estimate of drug-likeness (QED) is 0.748. The molecule has 1 unspecified atom stereocenters. The number of nitrogens with zero attached hydrogens (tertiary/aromatic N) is 1. The van der Waals surface area contributed by atoms with Crippen molar-refractivity contribution in [3.63, 3.8) is 0 Å². The fourth-order valence-corrected chi connectivity index (χ4v) is 2.97. The maximum absolute atomic E-state index is 12.3. The number of carbonyl (C=O) groups excluding carboxylic acids is 1. The molecule has 1 saturated heterocycles. The standard InChI is InChI=1S/C16H20ClNO5/c17-13-3-1-12(2-4-13)16(23)5-7-18(8-6-16)15(22)11(10-19)9-14(20)21/h1-4,11,19,23H,5-10H2,(H,20,21). The summed E-state index contributed by atoms with van der Waals surface area (Å²) >= 11 is 5.85. The highest BCUT2D eigenvalue weighted by molar-refractivity contribution is 6.30. The average molecular weight is 342 g/mol. The van der Waals surface area contributed by atoms with Crippen LogP contribution in [0.2, 0.25) is 5.02 Å². The summed E-state index contributed by atoms with van der Waals surface area (Å²) in [5.74, 6) is -2.44. The zero-order valence-corrected chi connectivity index (χ0v) is 13.4. The molecule has 3 N–H and O–H groups in total. The Balaban J connectivity index is 2.01. The number of aliphatic carboxylic acids is 1. The first-order valence-corrected chi connectivity index (χ1v) is 7.83. The summed E-state index contributed by atoms with van der Waals surface area (Å²) in [7, 11) is 0. The molecule has 1 heterocycles. The Bertz CT molecular complexity index is 566. The highest BCUT2D eigenvalue weighted by atomic mass is 35.5. The number of aliphatic hydroxyl groups excluding tert-OH is 1. The summed E-state index contributed by atoms with van der Waals surface area (Å²) in [5, 5.41) is 29.3. The summed E-state index contributed by atoms with van der Waals surface area (Å²) in [6.45, 7) is 0.130. The predicted molar refractivity (Wildman–Crippen MR) is 84.0 cm³/mol. The van der Waals surface area contributed by atoms with Gasteiger partial charge >= 0.3 is 5.97 Å². The number of likely N-dealkylation sites (tertiary alicyclic amines) is 1. The molecule has 1 aliphatic rings. The molecule has 0 bridgehead atoms. The molecule has 0 radical (unpaired) electrons. The van der Waals surface area contributed by atoms with Gasteiger partial charge in [-0.1, -0.05) is 23.7 Å². The molecule has 6 nitrogen and oxygen atoms in total. The fourth-order valence-electron chi connectivity index (χ4n) is 2.84. The fraction of sp³-hybridized carbons (Fsp3) is 0.500. The highest BCUT2D eigenvalue weighted by Gasteiger charge is 2.37. The first kappa shape index (κ1) is 17.7. The van der Waals surface area contributed by atoms with Crippen molar-refractivity contribution in [2.75, 3.05) is 19.7 Å². The summed E-state index contributed by atoms with van der Waals surface area (Å²) in [6.07, 6.45) is 0.310. The molecule has 7 heteroatoms. The molecular formula is C16H20ClNO5. The lowest BCUT2D eigenvalue weighted by Crippen LogP contribution is -2.47. The molecule has 1 amide bonds. The van der Waals surface area contributed by atoms with Gasteiger partial charge in [-0.3, -0.25) is 9.59 Å². The summed E-state index contributed by atoms with van der Waals surface area (Å²) < 4.78 is 0. The topological polar surface area (TPSA) is 98.1 Å². The Morgan fingerprint density at radius 2 is 1.78 bits per heavy atom. The number of hydrogen-bond acceptors (Lipinski definition) is 4. The van der Waals surface area contributed by atoms with Crippen LogP contribution in [-0.2, 0) is 15.2 Å². The van der Waals surface area contributed by atoms with Crippen molar-refractivity contribution in [3.8, 4) is 0 Å². The molecule has 23 heavy (non-hydrogen) atoms. The van der Waals surface area contributed by atoms with Crippen LogP contribution in [0.25, 0.3) is 0 Å². The number of piperidine rings is 1. The van der Waals surface area contributed by atoms with Gasteiger partial charge in [0.1, 0.15) is 0 Å². The van der Waals surface area contributed by atoms with Gasteiger partial charge in [0.15, 0.2) is 0 Å². The van der Waals surface area contributed by atoms with Crippen LogP contribution in [0.15, 0.2) is 24.3 Å². The second-order valence-corrected chi connectivity index (χ2v) is 6.28. The van der Waals surface area contributed by atoms with E-state index in [1.54, 1.807) is 24.3 Å². The van der Waals surface area contributed by atoms with Crippen molar-refractivity contribution in [1.82, 2.24) is 4.90 Å². The monoisotopic (exact) mass is 341 g/mol. The van der Waals surface area contributed by atoms with Crippen molar-refractivity contribution in [3.05, 3.63) is 34.9 Å². The van der Waals surface area contributed by atoms with E-state index in [-0.39, 0.29) is 5.91 Å². The van der Waals surface area contributed by atoms with Crippen LogP contribution in [-0.4, -0.2) is 51.8 Å². The van der Waals surface area contributed by atoms with Gasteiger partial charge in [-0.2, -0.15) is 0 Å². The van der Waals surface area contributed by atoms with Gasteiger partial charge in [0.2, 0.25) is 5.91 Å². The number of carboxylic acid groups (broad SMARTS) is 1. The van der Waals surface area contributed by atoms with Gasteiger partial charge in [0, 0.05) is 18.1 Å². The van der Waals surface area contributed by atoms with Gasteiger partial charge < -0.3 is 20.2 Å². The third-order valence-electron chi connectivity index (χ3n) is 4.27. The Morgan fingerprint density at radius 3 is 2.26 bits per heavy atom. The van der Waals surface area contributed by atoms with Gasteiger partial charge in [0.05, 0.1) is 24.5 Å². The first-order chi connectivity index (χ1) is 10.9. The van der Waals surface area contributed by atoms with Crippen molar-refractivity contribution in [1.29, 1.82) is 0 Å². The number of carbonyl (C=O) groups is 2. The Labute approximate surface area is 139 Å². The molecule has 0 spiro atoms. The second-order valence-electron chi connectivity index (χ2n) is 5.84. The molecule has 1 aliphatic heterocycles. The lowest BCUT2D eigenvalue weighted by Gasteiger charge is -2.39.